The van der Waals surface area contributed by atoms with Gasteiger partial charge in [0.25, 0.3) is 0 Å². The molecule has 6 nitrogen and oxygen atoms in total. The molecule has 0 aliphatic heterocycles. The Labute approximate surface area is 346 Å². The first-order valence-corrected chi connectivity index (χ1v) is 23.6. The van der Waals surface area contributed by atoms with Crippen LogP contribution in [0.25, 0.3) is 0 Å². The summed E-state index contributed by atoms with van der Waals surface area (Å²) in [6.07, 6.45) is 52.3. The van der Waals surface area contributed by atoms with Gasteiger partial charge in [-0.1, -0.05) is 191 Å². The molecule has 0 amide bonds. The van der Waals surface area contributed by atoms with Crippen molar-refractivity contribution in [2.45, 2.75) is 239 Å². The molecule has 6 heteroatoms. The maximum atomic E-state index is 12.7. The van der Waals surface area contributed by atoms with Crippen molar-refractivity contribution in [2.75, 3.05) is 13.2 Å². The molecule has 0 saturated carbocycles. The third-order valence-electron chi connectivity index (χ3n) is 10.1. The van der Waals surface area contributed by atoms with Crippen molar-refractivity contribution >= 4 is 17.9 Å². The Morgan fingerprint density at radius 3 is 1.16 bits per heavy atom. The Bertz CT molecular complexity index is 996. The summed E-state index contributed by atoms with van der Waals surface area (Å²) in [7, 11) is 0. The van der Waals surface area contributed by atoms with Crippen molar-refractivity contribution in [3.05, 3.63) is 48.6 Å². The molecule has 56 heavy (non-hydrogen) atoms. The fourth-order valence-electron chi connectivity index (χ4n) is 6.50. The molecule has 0 spiro atoms. The number of carbonyl (C=O) groups is 3. The number of ether oxygens (including phenoxy) is 3. The van der Waals surface area contributed by atoms with Gasteiger partial charge in [0.2, 0.25) is 0 Å². The zero-order chi connectivity index (χ0) is 40.8. The second-order valence-electron chi connectivity index (χ2n) is 15.6. The van der Waals surface area contributed by atoms with Crippen molar-refractivity contribution < 1.29 is 28.6 Å². The number of hydrogen-bond acceptors (Lipinski definition) is 6. The topological polar surface area (TPSA) is 78.9 Å². The molecule has 0 aliphatic rings. The summed E-state index contributed by atoms with van der Waals surface area (Å²) in [4.78, 5) is 37.8. The predicted molar refractivity (Wildman–Crippen MR) is 238 cm³/mol. The van der Waals surface area contributed by atoms with Gasteiger partial charge in [-0.05, 0) is 70.6 Å². The molecule has 1 unspecified atom stereocenters. The Balaban J connectivity index is 4.37. The lowest BCUT2D eigenvalue weighted by molar-refractivity contribution is -0.167. The van der Waals surface area contributed by atoms with E-state index in [1.54, 1.807) is 0 Å². The van der Waals surface area contributed by atoms with Gasteiger partial charge >= 0.3 is 17.9 Å². The molecule has 324 valence electrons. The molecule has 0 heterocycles. The molecule has 0 fully saturated rings. The van der Waals surface area contributed by atoms with E-state index >= 15 is 0 Å². The highest BCUT2D eigenvalue weighted by molar-refractivity contribution is 5.71. The van der Waals surface area contributed by atoms with Crippen molar-refractivity contribution in [2.24, 2.45) is 0 Å². The van der Waals surface area contributed by atoms with Gasteiger partial charge in [0.15, 0.2) is 6.10 Å². The quantitative estimate of drug-likeness (QED) is 0.0265. The fraction of sp³-hybridized carbons (Fsp3) is 0.780. The van der Waals surface area contributed by atoms with Crippen molar-refractivity contribution in [3.63, 3.8) is 0 Å². The summed E-state index contributed by atoms with van der Waals surface area (Å²) in [6, 6.07) is 0. The van der Waals surface area contributed by atoms with Crippen LogP contribution in [0.1, 0.15) is 233 Å². The lowest BCUT2D eigenvalue weighted by atomic mass is 10.1. The highest BCUT2D eigenvalue weighted by atomic mass is 16.6. The normalized spacial score (nSPS) is 12.4. The predicted octanol–water partition coefficient (Wildman–Crippen LogP) is 15.1. The van der Waals surface area contributed by atoms with E-state index in [1.807, 2.05) is 0 Å². The van der Waals surface area contributed by atoms with Crippen LogP contribution in [0.4, 0.5) is 0 Å². The average molecular weight is 785 g/mol. The SMILES string of the molecule is CC/C=C\C/C=C\C/C=C\CCCCCCCCC(=O)OCC(COC(=O)CCCCCCCCCCCCC)OC(=O)CCCCCCC/C=C\CCCC. The number of hydrogen-bond donors (Lipinski definition) is 0. The number of esters is 3. The maximum absolute atomic E-state index is 12.7. The smallest absolute Gasteiger partial charge is 0.306 e. The summed E-state index contributed by atoms with van der Waals surface area (Å²) >= 11 is 0. The minimum Gasteiger partial charge on any atom is -0.462 e. The summed E-state index contributed by atoms with van der Waals surface area (Å²) in [5.74, 6) is -0.902. The first kappa shape index (κ1) is 53.4. The molecular weight excluding hydrogens is 697 g/mol. The highest BCUT2D eigenvalue weighted by Crippen LogP contribution is 2.14. The number of carbonyl (C=O) groups excluding carboxylic acids is 3. The monoisotopic (exact) mass is 785 g/mol. The highest BCUT2D eigenvalue weighted by Gasteiger charge is 2.19. The number of allylic oxidation sites excluding steroid dienone is 8. The van der Waals surface area contributed by atoms with Crippen LogP contribution in [0.5, 0.6) is 0 Å². The van der Waals surface area contributed by atoms with Gasteiger partial charge in [-0.3, -0.25) is 14.4 Å². The van der Waals surface area contributed by atoms with Crippen molar-refractivity contribution in [1.82, 2.24) is 0 Å². The van der Waals surface area contributed by atoms with Crippen LogP contribution in [0.3, 0.4) is 0 Å². The van der Waals surface area contributed by atoms with Gasteiger partial charge in [-0.25, -0.2) is 0 Å². The Kier molecular flexibility index (Phi) is 43.0. The Morgan fingerprint density at radius 2 is 0.714 bits per heavy atom. The Hall–Kier alpha value is -2.63. The second-order valence-corrected chi connectivity index (χ2v) is 15.6. The molecule has 0 rings (SSSR count). The zero-order valence-corrected chi connectivity index (χ0v) is 36.9. The van der Waals surface area contributed by atoms with Crippen molar-refractivity contribution in [1.29, 1.82) is 0 Å². The van der Waals surface area contributed by atoms with Crippen LogP contribution >= 0.6 is 0 Å². The van der Waals surface area contributed by atoms with E-state index in [0.717, 1.165) is 96.3 Å². The minimum atomic E-state index is -0.778. The lowest BCUT2D eigenvalue weighted by Gasteiger charge is -2.18. The van der Waals surface area contributed by atoms with Gasteiger partial charge in [0.05, 0.1) is 0 Å². The largest absolute Gasteiger partial charge is 0.462 e. The standard InChI is InChI=1S/C50H88O6/c1-4-7-10-13-16-19-22-23-24-25-26-29-31-34-37-40-43-49(52)55-46-47(56-50(53)44-41-38-35-32-28-21-18-15-12-9-6-3)45-54-48(51)42-39-36-33-30-27-20-17-14-11-8-5-2/h7,10,15-16,18-19,23-24,47H,4-6,8-9,11-14,17,20-22,25-46H2,1-3H3/b10-7-,18-15-,19-16-,24-23-. The molecule has 0 N–H and O–H groups in total. The number of unbranched alkanes of at least 4 members (excludes halogenated alkanes) is 23. The van der Waals surface area contributed by atoms with E-state index in [4.69, 9.17) is 14.2 Å². The van der Waals surface area contributed by atoms with E-state index in [2.05, 4.69) is 69.4 Å². The van der Waals surface area contributed by atoms with Gasteiger partial charge in [-0.2, -0.15) is 0 Å². The minimum absolute atomic E-state index is 0.0792. The lowest BCUT2D eigenvalue weighted by Crippen LogP contribution is -2.30. The van der Waals surface area contributed by atoms with Crippen LogP contribution in [0, 0.1) is 0 Å². The van der Waals surface area contributed by atoms with Crippen LogP contribution in [-0.2, 0) is 28.6 Å². The molecule has 0 saturated heterocycles. The molecule has 0 aromatic carbocycles. The van der Waals surface area contributed by atoms with Crippen LogP contribution in [0.2, 0.25) is 0 Å². The molecule has 0 bridgehead atoms. The fourth-order valence-corrected chi connectivity index (χ4v) is 6.50. The molecule has 0 aromatic heterocycles. The third-order valence-corrected chi connectivity index (χ3v) is 10.1. The van der Waals surface area contributed by atoms with E-state index in [9.17, 15) is 14.4 Å². The molecular formula is C50H88O6. The molecule has 1 atom stereocenters. The van der Waals surface area contributed by atoms with Crippen LogP contribution in [-0.4, -0.2) is 37.2 Å². The summed E-state index contributed by atoms with van der Waals surface area (Å²) in [5.41, 5.74) is 0. The van der Waals surface area contributed by atoms with Crippen molar-refractivity contribution in [3.8, 4) is 0 Å². The summed E-state index contributed by atoms with van der Waals surface area (Å²) in [5, 5.41) is 0. The molecule has 0 radical (unpaired) electrons. The van der Waals surface area contributed by atoms with E-state index in [0.29, 0.717) is 19.3 Å². The average Bonchev–Trinajstić information content (AvgIpc) is 3.19. The zero-order valence-electron chi connectivity index (χ0n) is 36.9. The van der Waals surface area contributed by atoms with Crippen LogP contribution < -0.4 is 0 Å². The summed E-state index contributed by atoms with van der Waals surface area (Å²) in [6.45, 7) is 6.46. The van der Waals surface area contributed by atoms with E-state index in [1.165, 1.54) is 96.3 Å². The summed E-state index contributed by atoms with van der Waals surface area (Å²) < 4.78 is 16.7. The van der Waals surface area contributed by atoms with Crippen LogP contribution in [0.15, 0.2) is 48.6 Å². The van der Waals surface area contributed by atoms with Gasteiger partial charge in [-0.15, -0.1) is 0 Å². The van der Waals surface area contributed by atoms with Gasteiger partial charge < -0.3 is 14.2 Å². The Morgan fingerprint density at radius 1 is 0.375 bits per heavy atom. The van der Waals surface area contributed by atoms with E-state index < -0.39 is 6.10 Å². The molecule has 0 aromatic rings. The second kappa shape index (κ2) is 45.1. The first-order valence-electron chi connectivity index (χ1n) is 23.6. The number of rotatable bonds is 42. The van der Waals surface area contributed by atoms with Gasteiger partial charge in [0, 0.05) is 19.3 Å². The van der Waals surface area contributed by atoms with E-state index in [-0.39, 0.29) is 31.1 Å². The maximum Gasteiger partial charge on any atom is 0.306 e. The first-order chi connectivity index (χ1) is 27.5. The molecule has 0 aliphatic carbocycles. The third kappa shape index (κ3) is 42.5. The van der Waals surface area contributed by atoms with Gasteiger partial charge in [0.1, 0.15) is 13.2 Å².